The second kappa shape index (κ2) is 7.57. The SMILES string of the molecule is C/C=C\C(CC)=Nc1nccc(Oc2ccc(N)c3ccccc23)n1. The molecule has 0 aliphatic rings. The highest BCUT2D eigenvalue weighted by Gasteiger charge is 2.07. The van der Waals surface area contributed by atoms with Crippen LogP contribution in [0.25, 0.3) is 10.8 Å². The number of nitrogens with two attached hydrogens (primary N) is 1. The largest absolute Gasteiger partial charge is 0.438 e. The van der Waals surface area contributed by atoms with E-state index in [9.17, 15) is 0 Å². The number of aliphatic imine (C=N–C) groups is 1. The molecule has 126 valence electrons. The van der Waals surface area contributed by atoms with E-state index in [1.807, 2.05) is 62.4 Å². The van der Waals surface area contributed by atoms with Crippen molar-refractivity contribution >= 4 is 28.1 Å². The van der Waals surface area contributed by atoms with Crippen molar-refractivity contribution in [3.8, 4) is 11.6 Å². The van der Waals surface area contributed by atoms with E-state index in [0.717, 1.165) is 28.6 Å². The van der Waals surface area contributed by atoms with E-state index < -0.39 is 0 Å². The molecule has 0 spiro atoms. The van der Waals surface area contributed by atoms with Gasteiger partial charge in [-0.1, -0.05) is 37.3 Å². The van der Waals surface area contributed by atoms with Crippen LogP contribution in [0, 0.1) is 0 Å². The molecule has 0 amide bonds. The molecular weight excluding hydrogens is 312 g/mol. The monoisotopic (exact) mass is 332 g/mol. The van der Waals surface area contributed by atoms with Crippen molar-refractivity contribution in [2.75, 3.05) is 5.73 Å². The molecule has 2 N–H and O–H groups in total. The third-order valence-electron chi connectivity index (χ3n) is 3.71. The van der Waals surface area contributed by atoms with E-state index in [1.165, 1.54) is 0 Å². The predicted molar refractivity (Wildman–Crippen MR) is 103 cm³/mol. The van der Waals surface area contributed by atoms with Gasteiger partial charge in [0.05, 0.1) is 0 Å². The minimum absolute atomic E-state index is 0.382. The summed E-state index contributed by atoms with van der Waals surface area (Å²) in [6.45, 7) is 4.00. The molecule has 0 fully saturated rings. The Labute approximate surface area is 146 Å². The number of hydrogen-bond donors (Lipinski definition) is 1. The maximum Gasteiger partial charge on any atom is 0.252 e. The molecule has 3 rings (SSSR count). The molecule has 1 heterocycles. The molecule has 3 aromatic rings. The van der Waals surface area contributed by atoms with Crippen LogP contribution in [0.3, 0.4) is 0 Å². The van der Waals surface area contributed by atoms with E-state index >= 15 is 0 Å². The summed E-state index contributed by atoms with van der Waals surface area (Å²) in [7, 11) is 0. The molecule has 5 heteroatoms. The lowest BCUT2D eigenvalue weighted by molar-refractivity contribution is 0.467. The molecule has 25 heavy (non-hydrogen) atoms. The van der Waals surface area contributed by atoms with Gasteiger partial charge in [-0.25, -0.2) is 9.98 Å². The van der Waals surface area contributed by atoms with Gasteiger partial charge < -0.3 is 10.5 Å². The molecule has 5 nitrogen and oxygen atoms in total. The number of hydrogen-bond acceptors (Lipinski definition) is 5. The maximum absolute atomic E-state index is 6.04. The van der Waals surface area contributed by atoms with Crippen LogP contribution in [0.1, 0.15) is 20.3 Å². The number of anilines is 1. The Bertz CT molecular complexity index is 947. The lowest BCUT2D eigenvalue weighted by Crippen LogP contribution is -1.94. The second-order valence-corrected chi connectivity index (χ2v) is 5.45. The summed E-state index contributed by atoms with van der Waals surface area (Å²) in [5.41, 5.74) is 7.67. The maximum atomic E-state index is 6.04. The number of nitrogens with zero attached hydrogens (tertiary/aromatic N) is 3. The van der Waals surface area contributed by atoms with E-state index in [4.69, 9.17) is 10.5 Å². The summed E-state index contributed by atoms with van der Waals surface area (Å²) in [5.74, 6) is 1.52. The first-order chi connectivity index (χ1) is 12.2. The molecule has 0 saturated heterocycles. The number of allylic oxidation sites excluding steroid dienone is 2. The third kappa shape index (κ3) is 3.83. The normalized spacial score (nSPS) is 12.0. The van der Waals surface area contributed by atoms with Crippen molar-refractivity contribution in [2.45, 2.75) is 20.3 Å². The van der Waals surface area contributed by atoms with E-state index in [-0.39, 0.29) is 0 Å². The summed E-state index contributed by atoms with van der Waals surface area (Å²) in [4.78, 5) is 13.0. The minimum Gasteiger partial charge on any atom is -0.438 e. The van der Waals surface area contributed by atoms with Crippen LogP contribution in [0.4, 0.5) is 11.6 Å². The van der Waals surface area contributed by atoms with E-state index in [0.29, 0.717) is 17.6 Å². The summed E-state index contributed by atoms with van der Waals surface area (Å²) in [6.07, 6.45) is 6.35. The zero-order valence-electron chi connectivity index (χ0n) is 14.3. The van der Waals surface area contributed by atoms with Crippen molar-refractivity contribution in [2.24, 2.45) is 4.99 Å². The van der Waals surface area contributed by atoms with Crippen molar-refractivity contribution < 1.29 is 4.74 Å². The quantitative estimate of drug-likeness (QED) is 0.523. The van der Waals surface area contributed by atoms with Gasteiger partial charge in [0.2, 0.25) is 5.88 Å². The Morgan fingerprint density at radius 3 is 2.72 bits per heavy atom. The molecule has 0 saturated carbocycles. The van der Waals surface area contributed by atoms with Gasteiger partial charge in [0.25, 0.3) is 5.95 Å². The molecule has 2 aromatic carbocycles. The standard InChI is InChI=1S/C20H20N4O/c1-3-7-14(4-2)23-20-22-13-12-19(24-20)25-18-11-10-17(21)15-8-5-6-9-16(15)18/h3,5-13H,4,21H2,1-2H3/b7-3-,23-14?. The Hall–Kier alpha value is -3.21. The number of benzene rings is 2. The Balaban J connectivity index is 1.95. The van der Waals surface area contributed by atoms with Gasteiger partial charge in [-0.15, -0.1) is 0 Å². The molecule has 0 aliphatic carbocycles. The molecule has 1 aromatic heterocycles. The Morgan fingerprint density at radius 2 is 1.96 bits per heavy atom. The fourth-order valence-corrected chi connectivity index (χ4v) is 2.49. The first kappa shape index (κ1) is 16.6. The average molecular weight is 332 g/mol. The van der Waals surface area contributed by atoms with Crippen molar-refractivity contribution in [1.82, 2.24) is 9.97 Å². The second-order valence-electron chi connectivity index (χ2n) is 5.45. The lowest BCUT2D eigenvalue weighted by Gasteiger charge is -2.10. The lowest BCUT2D eigenvalue weighted by atomic mass is 10.1. The number of nitrogen functional groups attached to an aromatic ring is 1. The van der Waals surface area contributed by atoms with Crippen LogP contribution < -0.4 is 10.5 Å². The van der Waals surface area contributed by atoms with Gasteiger partial charge in [-0.2, -0.15) is 4.98 Å². The van der Waals surface area contributed by atoms with Crippen molar-refractivity contribution in [3.05, 3.63) is 60.8 Å². The van der Waals surface area contributed by atoms with E-state index in [2.05, 4.69) is 15.0 Å². The van der Waals surface area contributed by atoms with Gasteiger partial charge in [-0.3, -0.25) is 0 Å². The third-order valence-corrected chi connectivity index (χ3v) is 3.71. The summed E-state index contributed by atoms with van der Waals surface area (Å²) < 4.78 is 5.97. The Morgan fingerprint density at radius 1 is 1.16 bits per heavy atom. The Kier molecular flexibility index (Phi) is 5.04. The average Bonchev–Trinajstić information content (AvgIpc) is 2.64. The molecule has 0 unspecified atom stereocenters. The topological polar surface area (TPSA) is 73.4 Å². The van der Waals surface area contributed by atoms with Gasteiger partial charge in [-0.05, 0) is 31.6 Å². The van der Waals surface area contributed by atoms with Crippen molar-refractivity contribution in [1.29, 1.82) is 0 Å². The number of aromatic nitrogens is 2. The predicted octanol–water partition coefficient (Wildman–Crippen LogP) is 5.06. The fourth-order valence-electron chi connectivity index (χ4n) is 2.49. The van der Waals surface area contributed by atoms with Crippen molar-refractivity contribution in [3.63, 3.8) is 0 Å². The summed E-state index contributed by atoms with van der Waals surface area (Å²) in [5, 5.41) is 1.89. The van der Waals surface area contributed by atoms with E-state index in [1.54, 1.807) is 12.3 Å². The number of ether oxygens (including phenoxy) is 1. The zero-order valence-corrected chi connectivity index (χ0v) is 14.3. The number of rotatable bonds is 5. The van der Waals surface area contributed by atoms with Gasteiger partial charge in [0.1, 0.15) is 5.75 Å². The van der Waals surface area contributed by atoms with Gasteiger partial charge in [0.15, 0.2) is 0 Å². The van der Waals surface area contributed by atoms with Crippen LogP contribution in [-0.4, -0.2) is 15.7 Å². The highest BCUT2D eigenvalue weighted by Crippen LogP contribution is 2.32. The fraction of sp³-hybridized carbons (Fsp3) is 0.150. The molecule has 0 atom stereocenters. The van der Waals surface area contributed by atoms with Crippen LogP contribution in [0.15, 0.2) is 65.8 Å². The smallest absolute Gasteiger partial charge is 0.252 e. The highest BCUT2D eigenvalue weighted by molar-refractivity contribution is 5.97. The van der Waals surface area contributed by atoms with Crippen LogP contribution >= 0.6 is 0 Å². The number of fused-ring (bicyclic) bond motifs is 1. The van der Waals surface area contributed by atoms with Crippen LogP contribution in [0.2, 0.25) is 0 Å². The first-order valence-corrected chi connectivity index (χ1v) is 8.19. The summed E-state index contributed by atoms with van der Waals surface area (Å²) in [6, 6.07) is 13.2. The van der Waals surface area contributed by atoms with Crippen LogP contribution in [0.5, 0.6) is 11.6 Å². The van der Waals surface area contributed by atoms with Crippen LogP contribution in [-0.2, 0) is 0 Å². The van der Waals surface area contributed by atoms with Gasteiger partial charge >= 0.3 is 0 Å². The molecule has 0 aliphatic heterocycles. The molecule has 0 bridgehead atoms. The zero-order chi connectivity index (χ0) is 17.6. The minimum atomic E-state index is 0.382. The van der Waals surface area contributed by atoms with Gasteiger partial charge in [0, 0.05) is 34.4 Å². The summed E-state index contributed by atoms with van der Waals surface area (Å²) >= 11 is 0. The first-order valence-electron chi connectivity index (χ1n) is 8.19. The molecular formula is C20H20N4O. The highest BCUT2D eigenvalue weighted by atomic mass is 16.5. The molecule has 0 radical (unpaired) electrons.